The maximum absolute atomic E-state index is 9.17. The Kier molecular flexibility index (Phi) is 3.85. The number of nitrogens with zero attached hydrogens (tertiary/aromatic N) is 3. The number of phenols is 1. The van der Waals surface area contributed by atoms with Crippen molar-refractivity contribution in [3.63, 3.8) is 0 Å². The van der Waals surface area contributed by atoms with E-state index in [1.807, 2.05) is 0 Å². The molecule has 1 aromatic carbocycles. The summed E-state index contributed by atoms with van der Waals surface area (Å²) in [4.78, 5) is 2.60. The Hall–Kier alpha value is -1.64. The summed E-state index contributed by atoms with van der Waals surface area (Å²) in [5.41, 5.74) is 8.71. The van der Waals surface area contributed by atoms with Gasteiger partial charge in [0.15, 0.2) is 0 Å². The molecule has 1 N–H and O–H groups in total. The van der Waals surface area contributed by atoms with Crippen LogP contribution >= 0.6 is 11.6 Å². The number of rotatable bonds is 3. The van der Waals surface area contributed by atoms with Crippen molar-refractivity contribution in [2.45, 2.75) is 0 Å². The van der Waals surface area contributed by atoms with Gasteiger partial charge in [-0.05, 0) is 29.3 Å². The predicted molar refractivity (Wildman–Crippen MR) is 56.2 cm³/mol. The monoisotopic (exact) mass is 209 g/mol. The summed E-state index contributed by atoms with van der Waals surface area (Å²) in [5, 5.41) is 13.0. The van der Waals surface area contributed by atoms with Crippen LogP contribution in [0.3, 0.4) is 0 Å². The third-order valence-electron chi connectivity index (χ3n) is 1.53. The summed E-state index contributed by atoms with van der Waals surface area (Å²) in [6.07, 6.45) is 3.36. The molecule has 0 amide bonds. The SMILES string of the molecule is [N-]=[N+]=NCC=Cc1cc(O)ccc1Cl. The second kappa shape index (κ2) is 5.17. The van der Waals surface area contributed by atoms with E-state index in [-0.39, 0.29) is 12.3 Å². The lowest BCUT2D eigenvalue weighted by molar-refractivity contribution is 0.475. The molecule has 0 saturated carbocycles. The van der Waals surface area contributed by atoms with Crippen LogP contribution < -0.4 is 0 Å². The van der Waals surface area contributed by atoms with Gasteiger partial charge >= 0.3 is 0 Å². The van der Waals surface area contributed by atoms with E-state index in [1.54, 1.807) is 18.2 Å². The van der Waals surface area contributed by atoms with Crippen molar-refractivity contribution < 1.29 is 5.11 Å². The minimum atomic E-state index is 0.151. The Balaban J connectivity index is 2.79. The Labute approximate surface area is 86.1 Å². The van der Waals surface area contributed by atoms with Gasteiger partial charge in [-0.2, -0.15) is 0 Å². The zero-order valence-electron chi connectivity index (χ0n) is 7.26. The molecule has 0 aliphatic heterocycles. The summed E-state index contributed by atoms with van der Waals surface area (Å²) in [5.74, 6) is 0.151. The van der Waals surface area contributed by atoms with Gasteiger partial charge in [-0.15, -0.1) is 0 Å². The standard InChI is InChI=1S/C9H8ClN3O/c10-9-4-3-8(14)6-7(9)2-1-5-12-13-11/h1-4,6,14H,5H2. The maximum Gasteiger partial charge on any atom is 0.116 e. The molecule has 0 saturated heterocycles. The second-order valence-electron chi connectivity index (χ2n) is 2.52. The number of benzene rings is 1. The van der Waals surface area contributed by atoms with Gasteiger partial charge in [0.05, 0.1) is 0 Å². The molecule has 14 heavy (non-hydrogen) atoms. The molecule has 0 fully saturated rings. The molecule has 5 heteroatoms. The van der Waals surface area contributed by atoms with E-state index in [0.29, 0.717) is 10.6 Å². The van der Waals surface area contributed by atoms with Crippen molar-refractivity contribution in [3.8, 4) is 5.75 Å². The van der Waals surface area contributed by atoms with E-state index >= 15 is 0 Å². The van der Waals surface area contributed by atoms with Gasteiger partial charge in [0.1, 0.15) is 5.75 Å². The molecule has 0 atom stereocenters. The van der Waals surface area contributed by atoms with Crippen LogP contribution in [-0.2, 0) is 0 Å². The van der Waals surface area contributed by atoms with Gasteiger partial charge in [0.25, 0.3) is 0 Å². The van der Waals surface area contributed by atoms with Crippen LogP contribution in [0.25, 0.3) is 16.5 Å². The molecule has 1 rings (SSSR count). The Morgan fingerprint density at radius 2 is 2.36 bits per heavy atom. The number of halogens is 1. The number of azide groups is 1. The summed E-state index contributed by atoms with van der Waals surface area (Å²) in [6.45, 7) is 0.266. The largest absolute Gasteiger partial charge is 0.508 e. The molecule has 0 aliphatic carbocycles. The van der Waals surface area contributed by atoms with E-state index < -0.39 is 0 Å². The fourth-order valence-electron chi connectivity index (χ4n) is 0.922. The molecule has 0 radical (unpaired) electrons. The third-order valence-corrected chi connectivity index (χ3v) is 1.87. The lowest BCUT2D eigenvalue weighted by Crippen LogP contribution is -1.75. The van der Waals surface area contributed by atoms with Crippen molar-refractivity contribution >= 4 is 17.7 Å². The average Bonchev–Trinajstić information content (AvgIpc) is 2.18. The lowest BCUT2D eigenvalue weighted by Gasteiger charge is -1.98. The molecule has 0 aromatic heterocycles. The third kappa shape index (κ3) is 3.01. The van der Waals surface area contributed by atoms with Crippen LogP contribution in [0.15, 0.2) is 29.4 Å². The topological polar surface area (TPSA) is 69.0 Å². The van der Waals surface area contributed by atoms with Crippen LogP contribution in [0.1, 0.15) is 5.56 Å². The average molecular weight is 210 g/mol. The van der Waals surface area contributed by atoms with Gasteiger partial charge in [-0.3, -0.25) is 0 Å². The predicted octanol–water partition coefficient (Wildman–Crippen LogP) is 3.37. The summed E-state index contributed by atoms with van der Waals surface area (Å²) >= 11 is 5.84. The van der Waals surface area contributed by atoms with Gasteiger partial charge in [0, 0.05) is 16.5 Å². The summed E-state index contributed by atoms with van der Waals surface area (Å²) in [6, 6.07) is 4.64. The normalized spacial score (nSPS) is 10.1. The lowest BCUT2D eigenvalue weighted by atomic mass is 10.2. The molecule has 0 aliphatic rings. The van der Waals surface area contributed by atoms with Crippen molar-refractivity contribution in [1.82, 2.24) is 0 Å². The van der Waals surface area contributed by atoms with Gasteiger partial charge in [-0.25, -0.2) is 0 Å². The van der Waals surface area contributed by atoms with Crippen molar-refractivity contribution in [3.05, 3.63) is 45.3 Å². The highest BCUT2D eigenvalue weighted by atomic mass is 35.5. The molecule has 4 nitrogen and oxygen atoms in total. The smallest absolute Gasteiger partial charge is 0.116 e. The quantitative estimate of drug-likeness (QED) is 0.463. The summed E-state index contributed by atoms with van der Waals surface area (Å²) in [7, 11) is 0. The highest BCUT2D eigenvalue weighted by Crippen LogP contribution is 2.22. The Morgan fingerprint density at radius 1 is 1.57 bits per heavy atom. The van der Waals surface area contributed by atoms with Crippen LogP contribution in [0.4, 0.5) is 0 Å². The van der Waals surface area contributed by atoms with E-state index in [1.165, 1.54) is 12.1 Å². The highest BCUT2D eigenvalue weighted by Gasteiger charge is 1.96. The molecular weight excluding hydrogens is 202 g/mol. The number of hydrogen-bond acceptors (Lipinski definition) is 2. The Bertz CT molecular complexity index is 397. The number of aromatic hydroxyl groups is 1. The molecule has 0 heterocycles. The first-order valence-corrected chi connectivity index (χ1v) is 4.28. The number of hydrogen-bond donors (Lipinski definition) is 1. The minimum Gasteiger partial charge on any atom is -0.508 e. The number of phenolic OH excluding ortho intramolecular Hbond substituents is 1. The van der Waals surface area contributed by atoms with E-state index in [2.05, 4.69) is 10.0 Å². The van der Waals surface area contributed by atoms with Crippen molar-refractivity contribution in [1.29, 1.82) is 0 Å². The van der Waals surface area contributed by atoms with E-state index in [9.17, 15) is 0 Å². The zero-order chi connectivity index (χ0) is 10.4. The van der Waals surface area contributed by atoms with Crippen molar-refractivity contribution in [2.75, 3.05) is 6.54 Å². The second-order valence-corrected chi connectivity index (χ2v) is 2.93. The molecule has 1 aromatic rings. The molecule has 0 bridgehead atoms. The van der Waals surface area contributed by atoms with E-state index in [0.717, 1.165) is 0 Å². The van der Waals surface area contributed by atoms with Gasteiger partial charge in [0.2, 0.25) is 0 Å². The van der Waals surface area contributed by atoms with Gasteiger partial charge in [-0.1, -0.05) is 28.9 Å². The molecular formula is C9H8ClN3O. The fraction of sp³-hybridized carbons (Fsp3) is 0.111. The van der Waals surface area contributed by atoms with Crippen LogP contribution in [0.5, 0.6) is 5.75 Å². The van der Waals surface area contributed by atoms with Crippen LogP contribution in [0.2, 0.25) is 5.02 Å². The minimum absolute atomic E-state index is 0.151. The van der Waals surface area contributed by atoms with Crippen LogP contribution in [0, 0.1) is 0 Å². The fourth-order valence-corrected chi connectivity index (χ4v) is 1.10. The van der Waals surface area contributed by atoms with Crippen molar-refractivity contribution in [2.24, 2.45) is 5.11 Å². The first-order valence-electron chi connectivity index (χ1n) is 3.90. The van der Waals surface area contributed by atoms with Crippen LogP contribution in [-0.4, -0.2) is 11.7 Å². The summed E-state index contributed by atoms with van der Waals surface area (Å²) < 4.78 is 0. The zero-order valence-corrected chi connectivity index (χ0v) is 8.02. The molecule has 0 unspecified atom stereocenters. The first-order chi connectivity index (χ1) is 6.74. The maximum atomic E-state index is 9.17. The highest BCUT2D eigenvalue weighted by molar-refractivity contribution is 6.32. The van der Waals surface area contributed by atoms with E-state index in [4.69, 9.17) is 22.2 Å². The first kappa shape index (κ1) is 10.4. The molecule has 0 spiro atoms. The Morgan fingerprint density at radius 3 is 3.07 bits per heavy atom. The molecule has 72 valence electrons. The van der Waals surface area contributed by atoms with Gasteiger partial charge < -0.3 is 5.11 Å².